The van der Waals surface area contributed by atoms with Crippen molar-refractivity contribution in [2.75, 3.05) is 31.6 Å². The molecule has 140 valence electrons. The van der Waals surface area contributed by atoms with Gasteiger partial charge in [0.2, 0.25) is 11.8 Å². The molecule has 0 aliphatic carbocycles. The standard InChI is InChI=1S/C18H24N4O4/c1-26-15-4-2-3-14(10-15)22-11-13(9-16(22)23)20-18(25)21-7-5-12(6-8-21)17(19)24/h2-4,10,12-13H,5-9,11H2,1H3,(H2,19,24)(H,20,25)/t13-/m1/s1. The lowest BCUT2D eigenvalue weighted by molar-refractivity contribution is -0.123. The van der Waals surface area contributed by atoms with Crippen LogP contribution in [-0.4, -0.2) is 55.5 Å². The minimum atomic E-state index is -0.305. The zero-order valence-corrected chi connectivity index (χ0v) is 14.8. The number of likely N-dealkylation sites (tertiary alicyclic amines) is 1. The van der Waals surface area contributed by atoms with Crippen molar-refractivity contribution in [3.8, 4) is 5.75 Å². The molecule has 0 radical (unpaired) electrons. The summed E-state index contributed by atoms with van der Waals surface area (Å²) in [7, 11) is 1.58. The summed E-state index contributed by atoms with van der Waals surface area (Å²) in [6.45, 7) is 1.43. The molecule has 2 heterocycles. The molecule has 3 rings (SSSR count). The number of piperidine rings is 1. The summed E-state index contributed by atoms with van der Waals surface area (Å²) in [6, 6.07) is 6.86. The van der Waals surface area contributed by atoms with E-state index in [-0.39, 0.29) is 36.2 Å². The van der Waals surface area contributed by atoms with E-state index in [1.165, 1.54) is 0 Å². The Morgan fingerprint density at radius 1 is 1.27 bits per heavy atom. The maximum Gasteiger partial charge on any atom is 0.317 e. The first-order valence-corrected chi connectivity index (χ1v) is 8.77. The number of nitrogens with zero attached hydrogens (tertiary/aromatic N) is 2. The maximum absolute atomic E-state index is 12.4. The van der Waals surface area contributed by atoms with Crippen molar-refractivity contribution in [1.82, 2.24) is 10.2 Å². The first-order valence-electron chi connectivity index (χ1n) is 8.77. The average Bonchev–Trinajstić information content (AvgIpc) is 3.02. The van der Waals surface area contributed by atoms with Gasteiger partial charge in [0.05, 0.1) is 13.2 Å². The summed E-state index contributed by atoms with van der Waals surface area (Å²) in [6.07, 6.45) is 1.44. The van der Waals surface area contributed by atoms with E-state index < -0.39 is 0 Å². The molecule has 0 aromatic heterocycles. The van der Waals surface area contributed by atoms with Crippen molar-refractivity contribution in [1.29, 1.82) is 0 Å². The van der Waals surface area contributed by atoms with Gasteiger partial charge in [0, 0.05) is 43.7 Å². The minimum Gasteiger partial charge on any atom is -0.497 e. The molecule has 0 saturated carbocycles. The Morgan fingerprint density at radius 2 is 2.00 bits per heavy atom. The van der Waals surface area contributed by atoms with Crippen molar-refractivity contribution in [2.24, 2.45) is 11.7 Å². The molecule has 0 bridgehead atoms. The lowest BCUT2D eigenvalue weighted by Gasteiger charge is -2.31. The Bertz CT molecular complexity index is 700. The first kappa shape index (κ1) is 18.0. The normalized spacial score (nSPS) is 21.0. The fraction of sp³-hybridized carbons (Fsp3) is 0.500. The predicted octanol–water partition coefficient (Wildman–Crippen LogP) is 0.707. The van der Waals surface area contributed by atoms with Gasteiger partial charge < -0.3 is 25.6 Å². The number of carbonyl (C=O) groups excluding carboxylic acids is 3. The van der Waals surface area contributed by atoms with E-state index >= 15 is 0 Å². The molecule has 2 fully saturated rings. The number of methoxy groups -OCH3 is 1. The number of rotatable bonds is 4. The van der Waals surface area contributed by atoms with Gasteiger partial charge in [-0.2, -0.15) is 0 Å². The van der Waals surface area contributed by atoms with Gasteiger partial charge in [-0.25, -0.2) is 4.79 Å². The lowest BCUT2D eigenvalue weighted by atomic mass is 9.96. The summed E-state index contributed by atoms with van der Waals surface area (Å²) < 4.78 is 5.20. The Kier molecular flexibility index (Phi) is 5.29. The maximum atomic E-state index is 12.4. The quantitative estimate of drug-likeness (QED) is 0.825. The SMILES string of the molecule is COc1cccc(N2C[C@H](NC(=O)N3CCC(C(N)=O)CC3)CC2=O)c1. The second kappa shape index (κ2) is 7.63. The summed E-state index contributed by atoms with van der Waals surface area (Å²) in [5.74, 6) is 0.187. The van der Waals surface area contributed by atoms with Gasteiger partial charge in [0.1, 0.15) is 5.75 Å². The van der Waals surface area contributed by atoms with Crippen molar-refractivity contribution in [3.05, 3.63) is 24.3 Å². The molecule has 2 saturated heterocycles. The molecular weight excluding hydrogens is 336 g/mol. The second-order valence-corrected chi connectivity index (χ2v) is 6.72. The zero-order chi connectivity index (χ0) is 18.7. The third-order valence-corrected chi connectivity index (χ3v) is 5.00. The number of anilines is 1. The fourth-order valence-electron chi connectivity index (χ4n) is 3.47. The van der Waals surface area contributed by atoms with Crippen molar-refractivity contribution >= 4 is 23.5 Å². The van der Waals surface area contributed by atoms with Gasteiger partial charge in [-0.15, -0.1) is 0 Å². The second-order valence-electron chi connectivity index (χ2n) is 6.72. The molecule has 2 aliphatic rings. The van der Waals surface area contributed by atoms with Crippen LogP contribution in [0.4, 0.5) is 10.5 Å². The largest absolute Gasteiger partial charge is 0.497 e. The average molecular weight is 360 g/mol. The molecule has 26 heavy (non-hydrogen) atoms. The smallest absolute Gasteiger partial charge is 0.317 e. The number of ether oxygens (including phenoxy) is 1. The highest BCUT2D eigenvalue weighted by molar-refractivity contribution is 5.97. The molecule has 3 N–H and O–H groups in total. The van der Waals surface area contributed by atoms with Gasteiger partial charge in [-0.3, -0.25) is 9.59 Å². The monoisotopic (exact) mass is 360 g/mol. The number of nitrogens with two attached hydrogens (primary N) is 1. The van der Waals surface area contributed by atoms with E-state index in [0.29, 0.717) is 38.2 Å². The number of benzene rings is 1. The molecule has 8 nitrogen and oxygen atoms in total. The van der Waals surface area contributed by atoms with Crippen LogP contribution in [0, 0.1) is 5.92 Å². The first-order chi connectivity index (χ1) is 12.5. The molecule has 1 atom stereocenters. The van der Waals surface area contributed by atoms with E-state index in [9.17, 15) is 14.4 Å². The third-order valence-electron chi connectivity index (χ3n) is 5.00. The van der Waals surface area contributed by atoms with Gasteiger partial charge in [0.15, 0.2) is 0 Å². The number of carbonyl (C=O) groups is 3. The Labute approximate surface area is 152 Å². The van der Waals surface area contributed by atoms with Crippen LogP contribution in [0.5, 0.6) is 5.75 Å². The minimum absolute atomic E-state index is 0.0315. The topological polar surface area (TPSA) is 105 Å². The van der Waals surface area contributed by atoms with Crippen LogP contribution >= 0.6 is 0 Å². The number of urea groups is 1. The number of hydrogen-bond acceptors (Lipinski definition) is 4. The van der Waals surface area contributed by atoms with E-state index in [2.05, 4.69) is 5.32 Å². The van der Waals surface area contributed by atoms with Gasteiger partial charge in [0.25, 0.3) is 0 Å². The van der Waals surface area contributed by atoms with Crippen molar-refractivity contribution in [3.63, 3.8) is 0 Å². The van der Waals surface area contributed by atoms with Crippen molar-refractivity contribution < 1.29 is 19.1 Å². The number of nitrogens with one attached hydrogen (secondary N) is 1. The van der Waals surface area contributed by atoms with Gasteiger partial charge in [-0.05, 0) is 25.0 Å². The Hall–Kier alpha value is -2.77. The van der Waals surface area contributed by atoms with E-state index in [1.807, 2.05) is 18.2 Å². The molecule has 0 spiro atoms. The molecule has 0 unspecified atom stereocenters. The van der Waals surface area contributed by atoms with Crippen LogP contribution in [0.1, 0.15) is 19.3 Å². The third kappa shape index (κ3) is 3.89. The highest BCUT2D eigenvalue weighted by atomic mass is 16.5. The Morgan fingerprint density at radius 3 is 2.65 bits per heavy atom. The number of hydrogen-bond donors (Lipinski definition) is 2. The van der Waals surface area contributed by atoms with E-state index in [1.54, 1.807) is 23.0 Å². The van der Waals surface area contributed by atoms with Gasteiger partial charge >= 0.3 is 6.03 Å². The molecule has 1 aromatic rings. The van der Waals surface area contributed by atoms with E-state index in [0.717, 1.165) is 5.69 Å². The summed E-state index contributed by atoms with van der Waals surface area (Å²) in [5, 5.41) is 2.93. The summed E-state index contributed by atoms with van der Waals surface area (Å²) in [4.78, 5) is 39.3. The van der Waals surface area contributed by atoms with Crippen LogP contribution in [0.25, 0.3) is 0 Å². The van der Waals surface area contributed by atoms with Gasteiger partial charge in [-0.1, -0.05) is 6.07 Å². The van der Waals surface area contributed by atoms with Crippen molar-refractivity contribution in [2.45, 2.75) is 25.3 Å². The van der Waals surface area contributed by atoms with Crippen LogP contribution in [-0.2, 0) is 9.59 Å². The number of primary amides is 1. The van der Waals surface area contributed by atoms with Crippen LogP contribution in [0.15, 0.2) is 24.3 Å². The predicted molar refractivity (Wildman–Crippen MR) is 95.8 cm³/mol. The molecule has 2 aliphatic heterocycles. The van der Waals surface area contributed by atoms with Crippen LogP contribution in [0.2, 0.25) is 0 Å². The zero-order valence-electron chi connectivity index (χ0n) is 14.8. The molecule has 1 aromatic carbocycles. The number of amides is 4. The summed E-state index contributed by atoms with van der Waals surface area (Å²) in [5.41, 5.74) is 6.08. The molecule has 8 heteroatoms. The fourth-order valence-corrected chi connectivity index (χ4v) is 3.47. The van der Waals surface area contributed by atoms with Crippen LogP contribution in [0.3, 0.4) is 0 Å². The lowest BCUT2D eigenvalue weighted by Crippen LogP contribution is -2.49. The highest BCUT2D eigenvalue weighted by Gasteiger charge is 2.33. The molecule has 4 amide bonds. The molecular formula is C18H24N4O4. The van der Waals surface area contributed by atoms with Crippen LogP contribution < -0.4 is 20.7 Å². The Balaban J connectivity index is 1.56. The summed E-state index contributed by atoms with van der Waals surface area (Å²) >= 11 is 0. The van der Waals surface area contributed by atoms with E-state index in [4.69, 9.17) is 10.5 Å². The highest BCUT2D eigenvalue weighted by Crippen LogP contribution is 2.25.